The lowest BCUT2D eigenvalue weighted by atomic mass is 10.0. The summed E-state index contributed by atoms with van der Waals surface area (Å²) in [5.74, 6) is 0.233. The van der Waals surface area contributed by atoms with Crippen molar-refractivity contribution in [2.45, 2.75) is 13.8 Å². The van der Waals surface area contributed by atoms with Crippen molar-refractivity contribution >= 4 is 28.6 Å². The Bertz CT molecular complexity index is 814. The normalized spacial score (nSPS) is 10.9. The number of aryl methyl sites for hydroxylation is 2. The summed E-state index contributed by atoms with van der Waals surface area (Å²) in [6.07, 6.45) is 0. The predicted molar refractivity (Wildman–Crippen MR) is 81.7 cm³/mol. The van der Waals surface area contributed by atoms with Crippen LogP contribution in [0.3, 0.4) is 0 Å². The molecule has 2 aromatic heterocycles. The van der Waals surface area contributed by atoms with Gasteiger partial charge in [0.25, 0.3) is 0 Å². The first-order valence-electron chi connectivity index (χ1n) is 6.22. The van der Waals surface area contributed by atoms with Gasteiger partial charge < -0.3 is 5.73 Å². The minimum atomic E-state index is 0.233. The topological polar surface area (TPSA) is 64.7 Å². The molecule has 2 N–H and O–H groups in total. The molecule has 3 rings (SSSR count). The summed E-state index contributed by atoms with van der Waals surface area (Å²) in [4.78, 5) is 12.9. The van der Waals surface area contributed by atoms with Crippen LogP contribution in [0.25, 0.3) is 22.3 Å². The monoisotopic (exact) mass is 284 g/mol. The molecular weight excluding hydrogens is 272 g/mol. The number of fused-ring (bicyclic) bond motifs is 1. The van der Waals surface area contributed by atoms with Crippen LogP contribution < -0.4 is 5.73 Å². The first kappa shape index (κ1) is 12.8. The summed E-state index contributed by atoms with van der Waals surface area (Å²) < 4.78 is 0. The van der Waals surface area contributed by atoms with Gasteiger partial charge >= 0.3 is 0 Å². The van der Waals surface area contributed by atoms with Crippen LogP contribution in [0.4, 0.5) is 5.95 Å². The molecule has 0 bridgehead atoms. The van der Waals surface area contributed by atoms with Crippen molar-refractivity contribution in [1.29, 1.82) is 0 Å². The van der Waals surface area contributed by atoms with Crippen LogP contribution in [-0.4, -0.2) is 15.0 Å². The lowest BCUT2D eigenvalue weighted by Crippen LogP contribution is -2.00. The number of hydrogen-bond donors (Lipinski definition) is 1. The molecular formula is C15H13ClN4. The third kappa shape index (κ3) is 2.18. The first-order chi connectivity index (χ1) is 9.54. The largest absolute Gasteiger partial charge is 0.368 e. The zero-order valence-electron chi connectivity index (χ0n) is 11.2. The van der Waals surface area contributed by atoms with Gasteiger partial charge in [-0.2, -0.15) is 0 Å². The molecule has 4 nitrogen and oxygen atoms in total. The van der Waals surface area contributed by atoms with Gasteiger partial charge in [0.15, 0.2) is 0 Å². The van der Waals surface area contributed by atoms with E-state index in [1.54, 1.807) is 12.1 Å². The van der Waals surface area contributed by atoms with Crippen LogP contribution in [0.2, 0.25) is 5.15 Å². The second-order valence-electron chi connectivity index (χ2n) is 4.75. The molecule has 0 saturated carbocycles. The molecule has 0 radical (unpaired) electrons. The maximum absolute atomic E-state index is 5.98. The Morgan fingerprint density at radius 2 is 1.80 bits per heavy atom. The average Bonchev–Trinajstić information content (AvgIpc) is 2.39. The molecule has 3 aromatic rings. The molecule has 1 aromatic carbocycles. The number of nitrogen functional groups attached to an aromatic ring is 1. The molecule has 0 saturated heterocycles. The van der Waals surface area contributed by atoms with Gasteiger partial charge in [-0.1, -0.05) is 35.4 Å². The first-order valence-corrected chi connectivity index (χ1v) is 6.60. The molecule has 0 spiro atoms. The van der Waals surface area contributed by atoms with E-state index in [-0.39, 0.29) is 5.95 Å². The highest BCUT2D eigenvalue weighted by molar-refractivity contribution is 6.29. The fourth-order valence-corrected chi connectivity index (χ4v) is 2.42. The fraction of sp³-hybridized carbons (Fsp3) is 0.133. The molecule has 0 aliphatic rings. The van der Waals surface area contributed by atoms with Crippen molar-refractivity contribution in [1.82, 2.24) is 15.0 Å². The van der Waals surface area contributed by atoms with Gasteiger partial charge in [0.2, 0.25) is 5.95 Å². The molecule has 5 heteroatoms. The van der Waals surface area contributed by atoms with Gasteiger partial charge in [-0.25, -0.2) is 15.0 Å². The second-order valence-corrected chi connectivity index (χ2v) is 5.14. The molecule has 0 atom stereocenters. The van der Waals surface area contributed by atoms with Crippen molar-refractivity contribution in [3.63, 3.8) is 0 Å². The number of hydrogen-bond acceptors (Lipinski definition) is 4. The quantitative estimate of drug-likeness (QED) is 0.694. The van der Waals surface area contributed by atoms with Gasteiger partial charge in [0.05, 0.1) is 5.52 Å². The number of nitrogens with two attached hydrogens (primary N) is 1. The molecule has 20 heavy (non-hydrogen) atoms. The van der Waals surface area contributed by atoms with E-state index in [1.807, 2.05) is 19.1 Å². The summed E-state index contributed by atoms with van der Waals surface area (Å²) in [6.45, 7) is 4.09. The minimum absolute atomic E-state index is 0.233. The Labute approximate surface area is 121 Å². The summed E-state index contributed by atoms with van der Waals surface area (Å²) in [7, 11) is 0. The summed E-state index contributed by atoms with van der Waals surface area (Å²) >= 11 is 5.98. The van der Waals surface area contributed by atoms with Crippen molar-refractivity contribution in [3.8, 4) is 11.3 Å². The van der Waals surface area contributed by atoms with Crippen LogP contribution in [-0.2, 0) is 0 Å². The Balaban J connectivity index is 2.37. The molecule has 0 amide bonds. The highest BCUT2D eigenvalue weighted by Crippen LogP contribution is 2.29. The zero-order chi connectivity index (χ0) is 14.3. The van der Waals surface area contributed by atoms with Crippen molar-refractivity contribution in [2.24, 2.45) is 0 Å². The van der Waals surface area contributed by atoms with Gasteiger partial charge in [0.1, 0.15) is 16.4 Å². The summed E-state index contributed by atoms with van der Waals surface area (Å²) in [5.41, 5.74) is 11.2. The standard InChI is InChI=1S/C15H13ClN4/c1-8-3-4-10(9(2)7-8)13-14-11(18-15(17)20-13)5-6-12(16)19-14/h3-7H,1-2H3,(H2,17,18,20). The van der Waals surface area contributed by atoms with E-state index in [2.05, 4.69) is 27.9 Å². The van der Waals surface area contributed by atoms with Crippen LogP contribution in [0, 0.1) is 13.8 Å². The Morgan fingerprint density at radius 1 is 1.00 bits per heavy atom. The average molecular weight is 285 g/mol. The lowest BCUT2D eigenvalue weighted by molar-refractivity contribution is 1.21. The van der Waals surface area contributed by atoms with Crippen LogP contribution in [0.1, 0.15) is 11.1 Å². The maximum atomic E-state index is 5.98. The predicted octanol–water partition coefficient (Wildman–Crippen LogP) is 3.54. The Hall–Kier alpha value is -2.20. The van der Waals surface area contributed by atoms with E-state index in [4.69, 9.17) is 17.3 Å². The molecule has 2 heterocycles. The van der Waals surface area contributed by atoms with Crippen LogP contribution in [0.15, 0.2) is 30.3 Å². The molecule has 100 valence electrons. The SMILES string of the molecule is Cc1ccc(-c2nc(N)nc3ccc(Cl)nc23)c(C)c1. The van der Waals surface area contributed by atoms with E-state index in [0.717, 1.165) is 11.1 Å². The Kier molecular flexibility index (Phi) is 3.03. The van der Waals surface area contributed by atoms with Crippen LogP contribution in [0.5, 0.6) is 0 Å². The van der Waals surface area contributed by atoms with Gasteiger partial charge in [-0.15, -0.1) is 0 Å². The van der Waals surface area contributed by atoms with E-state index in [9.17, 15) is 0 Å². The molecule has 0 aliphatic carbocycles. The van der Waals surface area contributed by atoms with Crippen LogP contribution >= 0.6 is 11.6 Å². The molecule has 0 fully saturated rings. The minimum Gasteiger partial charge on any atom is -0.368 e. The smallest absolute Gasteiger partial charge is 0.221 e. The second kappa shape index (κ2) is 4.72. The number of benzene rings is 1. The maximum Gasteiger partial charge on any atom is 0.221 e. The number of aromatic nitrogens is 3. The van der Waals surface area contributed by atoms with E-state index in [1.165, 1.54) is 5.56 Å². The summed E-state index contributed by atoms with van der Waals surface area (Å²) in [5, 5.41) is 0.414. The molecule has 0 unspecified atom stereocenters. The number of nitrogens with zero attached hydrogens (tertiary/aromatic N) is 3. The Morgan fingerprint density at radius 3 is 2.55 bits per heavy atom. The van der Waals surface area contributed by atoms with Gasteiger partial charge in [0, 0.05) is 5.56 Å². The highest BCUT2D eigenvalue weighted by Gasteiger charge is 2.12. The number of anilines is 1. The van der Waals surface area contributed by atoms with Gasteiger partial charge in [-0.3, -0.25) is 0 Å². The summed E-state index contributed by atoms with van der Waals surface area (Å²) in [6, 6.07) is 9.66. The fourth-order valence-electron chi connectivity index (χ4n) is 2.28. The zero-order valence-corrected chi connectivity index (χ0v) is 11.9. The number of halogens is 1. The van der Waals surface area contributed by atoms with Gasteiger partial charge in [-0.05, 0) is 31.5 Å². The van der Waals surface area contributed by atoms with Crippen molar-refractivity contribution in [3.05, 3.63) is 46.6 Å². The lowest BCUT2D eigenvalue weighted by Gasteiger charge is -2.09. The molecule has 0 aliphatic heterocycles. The van der Waals surface area contributed by atoms with E-state index in [0.29, 0.717) is 21.9 Å². The van der Waals surface area contributed by atoms with Crippen molar-refractivity contribution in [2.75, 3.05) is 5.73 Å². The third-order valence-electron chi connectivity index (χ3n) is 3.16. The van der Waals surface area contributed by atoms with E-state index < -0.39 is 0 Å². The number of rotatable bonds is 1. The number of pyridine rings is 1. The van der Waals surface area contributed by atoms with E-state index >= 15 is 0 Å². The highest BCUT2D eigenvalue weighted by atomic mass is 35.5. The third-order valence-corrected chi connectivity index (χ3v) is 3.37. The van der Waals surface area contributed by atoms with Crippen molar-refractivity contribution < 1.29 is 0 Å².